The molecule has 1 aromatic heterocycles. The molecule has 1 heterocycles. The van der Waals surface area contributed by atoms with Gasteiger partial charge in [0.15, 0.2) is 0 Å². The number of hydrogen-bond acceptors (Lipinski definition) is 2. The van der Waals surface area contributed by atoms with Crippen LogP contribution in [-0.4, -0.2) is 9.55 Å². The van der Waals surface area contributed by atoms with Gasteiger partial charge in [0.25, 0.3) is 5.56 Å². The Morgan fingerprint density at radius 1 is 1.28 bits per heavy atom. The van der Waals surface area contributed by atoms with Crippen LogP contribution in [0, 0.1) is 6.92 Å². The smallest absolute Gasteiger partial charge is 0.297 e. The number of hydrogen-bond donors (Lipinski definition) is 1. The van der Waals surface area contributed by atoms with E-state index in [1.54, 1.807) is 25.1 Å². The number of nitrogens with one attached hydrogen (secondary N) is 1. The highest BCUT2D eigenvalue weighted by Gasteiger charge is 2.13. The second-order valence-electron chi connectivity index (χ2n) is 3.61. The van der Waals surface area contributed by atoms with Crippen molar-refractivity contribution >= 4 is 39.1 Å². The molecule has 4 nitrogen and oxygen atoms in total. The second kappa shape index (κ2) is 4.91. The van der Waals surface area contributed by atoms with E-state index in [-0.39, 0.29) is 10.7 Å². The van der Waals surface area contributed by atoms with Crippen molar-refractivity contribution in [2.45, 2.75) is 6.92 Å². The van der Waals surface area contributed by atoms with E-state index in [9.17, 15) is 9.59 Å². The lowest BCUT2D eigenvalue weighted by atomic mass is 10.3. The molecule has 2 aromatic rings. The molecule has 7 heteroatoms. The number of halogens is 3. The fourth-order valence-electron chi connectivity index (χ4n) is 1.48. The lowest BCUT2D eigenvalue weighted by molar-refractivity contribution is 0.857. The minimum absolute atomic E-state index is 0.0475. The SMILES string of the molecule is Cc1c(Cl)[nH]c(=O)n(-c2ccc(Cl)cc2Br)c1=O. The monoisotopic (exact) mass is 348 g/mol. The van der Waals surface area contributed by atoms with E-state index in [2.05, 4.69) is 20.9 Å². The molecule has 0 aliphatic rings. The van der Waals surface area contributed by atoms with E-state index < -0.39 is 11.2 Å². The third-order valence-electron chi connectivity index (χ3n) is 2.42. The molecule has 0 spiro atoms. The molecule has 0 amide bonds. The lowest BCUT2D eigenvalue weighted by Crippen LogP contribution is -2.35. The summed E-state index contributed by atoms with van der Waals surface area (Å²) < 4.78 is 1.55. The Morgan fingerprint density at radius 2 is 1.94 bits per heavy atom. The Hall–Kier alpha value is -1.04. The van der Waals surface area contributed by atoms with Gasteiger partial charge in [-0.3, -0.25) is 9.78 Å². The molecule has 0 fully saturated rings. The van der Waals surface area contributed by atoms with Crippen molar-refractivity contribution < 1.29 is 0 Å². The van der Waals surface area contributed by atoms with Gasteiger partial charge in [-0.15, -0.1) is 0 Å². The van der Waals surface area contributed by atoms with Gasteiger partial charge in [-0.05, 0) is 41.1 Å². The molecule has 1 aromatic carbocycles. The molecular weight excluding hydrogens is 343 g/mol. The van der Waals surface area contributed by atoms with Crippen LogP contribution in [0.25, 0.3) is 5.69 Å². The Labute approximate surface area is 120 Å². The standard InChI is InChI=1S/C11H7BrCl2N2O2/c1-5-9(14)15-11(18)16(10(5)17)8-3-2-6(13)4-7(8)12/h2-4H,1H3,(H,15,18). The van der Waals surface area contributed by atoms with Crippen LogP contribution in [0.4, 0.5) is 0 Å². The normalized spacial score (nSPS) is 10.7. The fraction of sp³-hybridized carbons (Fsp3) is 0.0909. The minimum atomic E-state index is -0.598. The summed E-state index contributed by atoms with van der Waals surface area (Å²) in [5.41, 5.74) is -0.381. The summed E-state index contributed by atoms with van der Waals surface area (Å²) in [6.07, 6.45) is 0. The molecule has 0 unspecified atom stereocenters. The molecule has 0 saturated heterocycles. The maximum atomic E-state index is 12.1. The molecule has 0 atom stereocenters. The summed E-state index contributed by atoms with van der Waals surface area (Å²) in [5, 5.41) is 0.548. The lowest BCUT2D eigenvalue weighted by Gasteiger charge is -2.08. The molecule has 2 rings (SSSR count). The van der Waals surface area contributed by atoms with Gasteiger partial charge in [-0.25, -0.2) is 9.36 Å². The van der Waals surface area contributed by atoms with Crippen molar-refractivity contribution in [2.24, 2.45) is 0 Å². The van der Waals surface area contributed by atoms with Crippen LogP contribution in [0.5, 0.6) is 0 Å². The van der Waals surface area contributed by atoms with Gasteiger partial charge >= 0.3 is 5.69 Å². The summed E-state index contributed by atoms with van der Waals surface area (Å²) in [6.45, 7) is 1.54. The highest BCUT2D eigenvalue weighted by Crippen LogP contribution is 2.23. The Kier molecular flexibility index (Phi) is 3.66. The van der Waals surface area contributed by atoms with E-state index in [0.717, 1.165) is 4.57 Å². The van der Waals surface area contributed by atoms with Crippen molar-refractivity contribution in [3.05, 3.63) is 59.2 Å². The Morgan fingerprint density at radius 3 is 2.56 bits per heavy atom. The van der Waals surface area contributed by atoms with Gasteiger partial charge < -0.3 is 0 Å². The van der Waals surface area contributed by atoms with Crippen LogP contribution in [0.3, 0.4) is 0 Å². The second-order valence-corrected chi connectivity index (χ2v) is 5.27. The molecule has 0 radical (unpaired) electrons. The van der Waals surface area contributed by atoms with E-state index >= 15 is 0 Å². The highest BCUT2D eigenvalue weighted by atomic mass is 79.9. The summed E-state index contributed by atoms with van der Waals surface area (Å²) in [7, 11) is 0. The van der Waals surface area contributed by atoms with Crippen molar-refractivity contribution in [1.82, 2.24) is 9.55 Å². The first-order valence-electron chi connectivity index (χ1n) is 4.88. The fourth-order valence-corrected chi connectivity index (χ4v) is 2.50. The van der Waals surface area contributed by atoms with Crippen LogP contribution >= 0.6 is 39.1 Å². The molecule has 18 heavy (non-hydrogen) atoms. The molecule has 0 aliphatic heterocycles. The highest BCUT2D eigenvalue weighted by molar-refractivity contribution is 9.10. The van der Waals surface area contributed by atoms with Gasteiger partial charge in [0.2, 0.25) is 0 Å². The van der Waals surface area contributed by atoms with Gasteiger partial charge in [0.1, 0.15) is 5.15 Å². The van der Waals surface area contributed by atoms with Gasteiger partial charge in [-0.1, -0.05) is 23.2 Å². The topological polar surface area (TPSA) is 54.9 Å². The van der Waals surface area contributed by atoms with Gasteiger partial charge in [-0.2, -0.15) is 0 Å². The number of aromatic amines is 1. The van der Waals surface area contributed by atoms with Crippen molar-refractivity contribution in [3.8, 4) is 5.69 Å². The zero-order valence-corrected chi connectivity index (χ0v) is 12.2. The zero-order valence-electron chi connectivity index (χ0n) is 9.13. The molecular formula is C11H7BrCl2N2O2. The quantitative estimate of drug-likeness (QED) is 0.805. The van der Waals surface area contributed by atoms with Gasteiger partial charge in [0, 0.05) is 9.50 Å². The summed E-state index contributed by atoms with van der Waals surface area (Å²) in [4.78, 5) is 26.3. The van der Waals surface area contributed by atoms with Crippen LogP contribution in [0.1, 0.15) is 5.56 Å². The van der Waals surface area contributed by atoms with E-state index in [0.29, 0.717) is 15.2 Å². The first-order chi connectivity index (χ1) is 8.41. The van der Waals surface area contributed by atoms with E-state index in [1.807, 2.05) is 0 Å². The number of nitrogens with zero attached hydrogens (tertiary/aromatic N) is 1. The number of rotatable bonds is 1. The molecule has 94 valence electrons. The van der Waals surface area contributed by atoms with E-state index in [4.69, 9.17) is 23.2 Å². The maximum absolute atomic E-state index is 12.1. The first kappa shape index (κ1) is 13.4. The average molecular weight is 350 g/mol. The van der Waals surface area contributed by atoms with Crippen molar-refractivity contribution in [1.29, 1.82) is 0 Å². The summed E-state index contributed by atoms with van der Waals surface area (Å²) in [5.74, 6) is 0. The molecule has 0 bridgehead atoms. The molecule has 1 N–H and O–H groups in total. The van der Waals surface area contributed by atoms with Crippen LogP contribution in [-0.2, 0) is 0 Å². The molecule has 0 aliphatic carbocycles. The van der Waals surface area contributed by atoms with Crippen molar-refractivity contribution in [3.63, 3.8) is 0 Å². The largest absolute Gasteiger partial charge is 0.334 e. The summed E-state index contributed by atoms with van der Waals surface area (Å²) in [6, 6.07) is 4.78. The zero-order chi connectivity index (χ0) is 13.4. The third-order valence-corrected chi connectivity index (χ3v) is 3.67. The number of aromatic nitrogens is 2. The first-order valence-corrected chi connectivity index (χ1v) is 6.43. The third kappa shape index (κ3) is 2.25. The maximum Gasteiger partial charge on any atom is 0.334 e. The number of benzene rings is 1. The minimum Gasteiger partial charge on any atom is -0.297 e. The van der Waals surface area contributed by atoms with Crippen LogP contribution in [0.2, 0.25) is 10.2 Å². The Balaban J connectivity index is 2.84. The summed E-state index contributed by atoms with van der Waals surface area (Å²) >= 11 is 14.8. The van der Waals surface area contributed by atoms with E-state index in [1.165, 1.54) is 0 Å². The number of H-pyrrole nitrogens is 1. The van der Waals surface area contributed by atoms with Gasteiger partial charge in [0.05, 0.1) is 11.3 Å². The molecule has 0 saturated carbocycles. The average Bonchev–Trinajstić information content (AvgIpc) is 2.29. The predicted octanol–water partition coefficient (Wildman–Crippen LogP) is 2.90. The predicted molar refractivity (Wildman–Crippen MR) is 75.1 cm³/mol. The van der Waals surface area contributed by atoms with Crippen molar-refractivity contribution in [2.75, 3.05) is 0 Å². The Bertz CT molecular complexity index is 737. The van der Waals surface area contributed by atoms with Crippen LogP contribution < -0.4 is 11.2 Å². The van der Waals surface area contributed by atoms with Crippen LogP contribution in [0.15, 0.2) is 32.3 Å².